The molecule has 1 aliphatic rings. The maximum atomic E-state index is 13.8. The van der Waals surface area contributed by atoms with E-state index >= 15 is 0 Å². The third kappa shape index (κ3) is 2.42. The summed E-state index contributed by atoms with van der Waals surface area (Å²) in [4.78, 5) is 14.0. The van der Waals surface area contributed by atoms with Crippen LogP contribution in [0.2, 0.25) is 0 Å². The molecule has 0 spiro atoms. The van der Waals surface area contributed by atoms with E-state index in [1.165, 1.54) is 13.0 Å². The molecule has 1 fully saturated rings. The number of hydrogen-bond acceptors (Lipinski definition) is 3. The maximum absolute atomic E-state index is 13.8. The van der Waals surface area contributed by atoms with Crippen molar-refractivity contribution >= 4 is 5.78 Å². The van der Waals surface area contributed by atoms with Gasteiger partial charge in [-0.05, 0) is 25.6 Å². The van der Waals surface area contributed by atoms with Crippen molar-refractivity contribution in [1.82, 2.24) is 4.90 Å². The Morgan fingerprint density at radius 2 is 2.17 bits per heavy atom. The van der Waals surface area contributed by atoms with Gasteiger partial charge in [0.25, 0.3) is 0 Å². The molecule has 1 saturated heterocycles. The van der Waals surface area contributed by atoms with Crippen molar-refractivity contribution in [3.05, 3.63) is 34.9 Å². The number of rotatable bonds is 2. The van der Waals surface area contributed by atoms with E-state index in [0.717, 1.165) is 6.07 Å². The molecule has 3 nitrogen and oxygen atoms in total. The fraction of sp³-hybridized carbons (Fsp3) is 0.462. The van der Waals surface area contributed by atoms with Crippen LogP contribution >= 0.6 is 0 Å². The third-order valence-corrected chi connectivity index (χ3v) is 3.09. The molecule has 1 heterocycles. The number of ether oxygens (including phenoxy) is 1. The maximum Gasteiger partial charge on any atom is 0.198 e. The molecule has 1 unspecified atom stereocenters. The number of Topliss-reactive ketones (excluding diaryl/α,β-unsaturated/α-hetero) is 1. The first-order valence-corrected chi connectivity index (χ1v) is 5.79. The number of carbonyl (C=O) groups is 1. The van der Waals surface area contributed by atoms with E-state index in [-0.39, 0.29) is 5.56 Å². The van der Waals surface area contributed by atoms with Crippen LogP contribution in [0.15, 0.2) is 12.1 Å². The van der Waals surface area contributed by atoms with Crippen LogP contribution in [0.1, 0.15) is 15.9 Å². The number of carbonyl (C=O) groups excluding carboxylic acids is 1. The van der Waals surface area contributed by atoms with Gasteiger partial charge in [-0.2, -0.15) is 0 Å². The average Bonchev–Trinajstić information content (AvgIpc) is 2.34. The van der Waals surface area contributed by atoms with E-state index in [2.05, 4.69) is 0 Å². The Labute approximate surface area is 104 Å². The van der Waals surface area contributed by atoms with E-state index in [1.54, 1.807) is 0 Å². The second-order valence-corrected chi connectivity index (χ2v) is 4.54. The van der Waals surface area contributed by atoms with Crippen molar-refractivity contribution < 1.29 is 18.3 Å². The standard InChI is InChI=1S/C13H15F2NO2/c1-8-3-4-9(14)11(12(8)15)13(17)10-7-16(2)5-6-18-10/h3-4,10H,5-7H2,1-2H3. The van der Waals surface area contributed by atoms with Gasteiger partial charge in [-0.15, -0.1) is 0 Å². The molecule has 0 saturated carbocycles. The van der Waals surface area contributed by atoms with Crippen LogP contribution in [-0.4, -0.2) is 43.5 Å². The summed E-state index contributed by atoms with van der Waals surface area (Å²) in [5, 5.41) is 0. The van der Waals surface area contributed by atoms with Gasteiger partial charge in [0, 0.05) is 13.1 Å². The van der Waals surface area contributed by atoms with Crippen LogP contribution in [-0.2, 0) is 4.74 Å². The lowest BCUT2D eigenvalue weighted by molar-refractivity contribution is -0.00906. The number of aryl methyl sites for hydroxylation is 1. The fourth-order valence-corrected chi connectivity index (χ4v) is 1.98. The zero-order valence-electron chi connectivity index (χ0n) is 10.4. The molecule has 98 valence electrons. The van der Waals surface area contributed by atoms with Gasteiger partial charge in [0.1, 0.15) is 17.7 Å². The Morgan fingerprint density at radius 1 is 1.44 bits per heavy atom. The summed E-state index contributed by atoms with van der Waals surface area (Å²) in [5.41, 5.74) is -0.237. The minimum absolute atomic E-state index is 0.254. The Morgan fingerprint density at radius 3 is 2.83 bits per heavy atom. The van der Waals surface area contributed by atoms with Crippen LogP contribution in [0.5, 0.6) is 0 Å². The SMILES string of the molecule is Cc1ccc(F)c(C(=O)C2CN(C)CCO2)c1F. The second kappa shape index (κ2) is 5.12. The number of hydrogen-bond donors (Lipinski definition) is 0. The number of morpholine rings is 1. The molecular formula is C13H15F2NO2. The Hall–Kier alpha value is -1.33. The third-order valence-electron chi connectivity index (χ3n) is 3.09. The molecule has 1 atom stereocenters. The average molecular weight is 255 g/mol. The van der Waals surface area contributed by atoms with Crippen LogP contribution in [0.4, 0.5) is 8.78 Å². The highest BCUT2D eigenvalue weighted by Crippen LogP contribution is 2.20. The Balaban J connectivity index is 2.31. The molecule has 2 rings (SSSR count). The molecule has 0 aliphatic carbocycles. The summed E-state index contributed by atoms with van der Waals surface area (Å²) in [5.74, 6) is -2.25. The molecule has 0 bridgehead atoms. The van der Waals surface area contributed by atoms with Crippen LogP contribution in [0.3, 0.4) is 0 Å². The summed E-state index contributed by atoms with van der Waals surface area (Å²) in [6.45, 7) is 2.95. The first-order chi connectivity index (χ1) is 8.50. The second-order valence-electron chi connectivity index (χ2n) is 4.54. The predicted molar refractivity (Wildman–Crippen MR) is 62.7 cm³/mol. The highest BCUT2D eigenvalue weighted by atomic mass is 19.1. The van der Waals surface area contributed by atoms with Crippen molar-refractivity contribution in [2.24, 2.45) is 0 Å². The van der Waals surface area contributed by atoms with Gasteiger partial charge in [-0.1, -0.05) is 6.07 Å². The fourth-order valence-electron chi connectivity index (χ4n) is 1.98. The molecule has 0 radical (unpaired) electrons. The first-order valence-electron chi connectivity index (χ1n) is 5.79. The quantitative estimate of drug-likeness (QED) is 0.754. The van der Waals surface area contributed by atoms with Gasteiger partial charge >= 0.3 is 0 Å². The number of likely N-dealkylation sites (N-methyl/N-ethyl adjacent to an activating group) is 1. The molecule has 0 aromatic heterocycles. The van der Waals surface area contributed by atoms with Crippen LogP contribution in [0.25, 0.3) is 0 Å². The van der Waals surface area contributed by atoms with Gasteiger partial charge in [-0.25, -0.2) is 8.78 Å². The van der Waals surface area contributed by atoms with Crippen LogP contribution < -0.4 is 0 Å². The van der Waals surface area contributed by atoms with Gasteiger partial charge in [0.05, 0.1) is 12.2 Å². The summed E-state index contributed by atoms with van der Waals surface area (Å²) in [7, 11) is 1.84. The van der Waals surface area contributed by atoms with Crippen molar-refractivity contribution in [2.45, 2.75) is 13.0 Å². The lowest BCUT2D eigenvalue weighted by atomic mass is 10.0. The topological polar surface area (TPSA) is 29.5 Å². The van der Waals surface area contributed by atoms with Gasteiger partial charge in [0.2, 0.25) is 0 Å². The summed E-state index contributed by atoms with van der Waals surface area (Å²) < 4.78 is 32.7. The Bertz CT molecular complexity index is 476. The first kappa shape index (κ1) is 13.1. The van der Waals surface area contributed by atoms with E-state index < -0.39 is 29.1 Å². The van der Waals surface area contributed by atoms with Crippen LogP contribution in [0, 0.1) is 18.6 Å². The van der Waals surface area contributed by atoms with Crippen molar-refractivity contribution in [3.63, 3.8) is 0 Å². The van der Waals surface area contributed by atoms with E-state index in [4.69, 9.17) is 4.74 Å². The Kier molecular flexibility index (Phi) is 3.73. The number of nitrogens with zero attached hydrogens (tertiary/aromatic N) is 1. The molecule has 1 aromatic carbocycles. The summed E-state index contributed by atoms with van der Waals surface area (Å²) in [6.07, 6.45) is -0.797. The lowest BCUT2D eigenvalue weighted by Crippen LogP contribution is -2.44. The zero-order chi connectivity index (χ0) is 13.3. The highest BCUT2D eigenvalue weighted by Gasteiger charge is 2.30. The molecule has 0 N–H and O–H groups in total. The van der Waals surface area contributed by atoms with Crippen molar-refractivity contribution in [1.29, 1.82) is 0 Å². The molecule has 18 heavy (non-hydrogen) atoms. The van der Waals surface area contributed by atoms with Crippen molar-refractivity contribution in [2.75, 3.05) is 26.7 Å². The molecule has 1 aromatic rings. The normalized spacial score (nSPS) is 21.0. The molecule has 5 heteroatoms. The van der Waals surface area contributed by atoms with Gasteiger partial charge in [-0.3, -0.25) is 4.79 Å². The van der Waals surface area contributed by atoms with Gasteiger partial charge in [0.15, 0.2) is 5.78 Å². The minimum atomic E-state index is -0.833. The van der Waals surface area contributed by atoms with E-state index in [9.17, 15) is 13.6 Å². The zero-order valence-corrected chi connectivity index (χ0v) is 10.4. The highest BCUT2D eigenvalue weighted by molar-refractivity contribution is 6.00. The summed E-state index contributed by atoms with van der Waals surface area (Å²) >= 11 is 0. The molecule has 0 amide bonds. The predicted octanol–water partition coefficient (Wildman–Crippen LogP) is 1.79. The number of ketones is 1. The minimum Gasteiger partial charge on any atom is -0.367 e. The van der Waals surface area contributed by atoms with Gasteiger partial charge < -0.3 is 9.64 Å². The smallest absolute Gasteiger partial charge is 0.198 e. The largest absolute Gasteiger partial charge is 0.367 e. The molecule has 1 aliphatic heterocycles. The van der Waals surface area contributed by atoms with E-state index in [0.29, 0.717) is 19.7 Å². The number of halogens is 2. The summed E-state index contributed by atoms with van der Waals surface area (Å²) in [6, 6.07) is 2.42. The monoisotopic (exact) mass is 255 g/mol. The number of benzene rings is 1. The lowest BCUT2D eigenvalue weighted by Gasteiger charge is -2.29. The van der Waals surface area contributed by atoms with Crippen molar-refractivity contribution in [3.8, 4) is 0 Å². The molecular weight excluding hydrogens is 240 g/mol. The van der Waals surface area contributed by atoms with E-state index in [1.807, 2.05) is 11.9 Å².